The number of hydrogen-bond acceptors (Lipinski definition) is 3. The predicted octanol–water partition coefficient (Wildman–Crippen LogP) is 2.87. The van der Waals surface area contributed by atoms with Crippen molar-refractivity contribution in [2.24, 2.45) is 5.92 Å². The van der Waals surface area contributed by atoms with Gasteiger partial charge < -0.3 is 10.6 Å². The van der Waals surface area contributed by atoms with E-state index in [1.165, 1.54) is 12.8 Å². The van der Waals surface area contributed by atoms with E-state index < -0.39 is 0 Å². The molecular formula is C14H23N3OS. The molecule has 19 heavy (non-hydrogen) atoms. The molecule has 1 aromatic rings. The van der Waals surface area contributed by atoms with Crippen molar-refractivity contribution in [3.8, 4) is 0 Å². The van der Waals surface area contributed by atoms with Gasteiger partial charge in [-0.1, -0.05) is 13.3 Å². The SMILES string of the molecule is Cc1csc(CCCNC(=O)NC2CCCC2C)n1. The summed E-state index contributed by atoms with van der Waals surface area (Å²) in [5.41, 5.74) is 1.08. The van der Waals surface area contributed by atoms with E-state index in [-0.39, 0.29) is 6.03 Å². The lowest BCUT2D eigenvalue weighted by atomic mass is 10.1. The van der Waals surface area contributed by atoms with Crippen LogP contribution in [0.2, 0.25) is 0 Å². The van der Waals surface area contributed by atoms with Crippen molar-refractivity contribution >= 4 is 17.4 Å². The molecule has 0 radical (unpaired) electrons. The number of carbonyl (C=O) groups is 1. The van der Waals surface area contributed by atoms with Crippen molar-refractivity contribution in [3.63, 3.8) is 0 Å². The summed E-state index contributed by atoms with van der Waals surface area (Å²) in [5, 5.41) is 9.23. The number of urea groups is 1. The first-order valence-corrected chi connectivity index (χ1v) is 7.98. The van der Waals surface area contributed by atoms with E-state index in [2.05, 4.69) is 27.9 Å². The molecule has 0 aliphatic heterocycles. The number of rotatable bonds is 5. The Morgan fingerprint density at radius 1 is 1.53 bits per heavy atom. The van der Waals surface area contributed by atoms with Crippen LogP contribution in [0.15, 0.2) is 5.38 Å². The molecule has 2 atom stereocenters. The highest BCUT2D eigenvalue weighted by Gasteiger charge is 2.24. The first-order chi connectivity index (χ1) is 9.15. The van der Waals surface area contributed by atoms with Crippen LogP contribution in [0.25, 0.3) is 0 Å². The summed E-state index contributed by atoms with van der Waals surface area (Å²) in [6.07, 6.45) is 5.47. The Bertz CT molecular complexity index is 419. The number of hydrogen-bond donors (Lipinski definition) is 2. The molecule has 5 heteroatoms. The van der Waals surface area contributed by atoms with Gasteiger partial charge in [-0.15, -0.1) is 11.3 Å². The van der Waals surface area contributed by atoms with Crippen molar-refractivity contribution in [3.05, 3.63) is 16.1 Å². The van der Waals surface area contributed by atoms with Gasteiger partial charge in [0.25, 0.3) is 0 Å². The van der Waals surface area contributed by atoms with Gasteiger partial charge in [-0.2, -0.15) is 0 Å². The van der Waals surface area contributed by atoms with Crippen molar-refractivity contribution in [2.75, 3.05) is 6.54 Å². The van der Waals surface area contributed by atoms with Crippen molar-refractivity contribution in [1.82, 2.24) is 15.6 Å². The maximum Gasteiger partial charge on any atom is 0.315 e. The number of nitrogens with zero attached hydrogens (tertiary/aromatic N) is 1. The van der Waals surface area contributed by atoms with Gasteiger partial charge in [0.05, 0.1) is 5.01 Å². The number of aryl methyl sites for hydroxylation is 2. The Kier molecular flexibility index (Phi) is 5.19. The molecule has 1 aromatic heterocycles. The largest absolute Gasteiger partial charge is 0.338 e. The molecule has 1 aliphatic carbocycles. The van der Waals surface area contributed by atoms with E-state index in [9.17, 15) is 4.79 Å². The van der Waals surface area contributed by atoms with Gasteiger partial charge in [-0.05, 0) is 32.1 Å². The molecule has 2 amide bonds. The highest BCUT2D eigenvalue weighted by Crippen LogP contribution is 2.24. The number of nitrogens with one attached hydrogen (secondary N) is 2. The lowest BCUT2D eigenvalue weighted by Crippen LogP contribution is -2.43. The van der Waals surface area contributed by atoms with Crippen molar-refractivity contribution in [1.29, 1.82) is 0 Å². The molecule has 2 unspecified atom stereocenters. The Labute approximate surface area is 119 Å². The Balaban J connectivity index is 1.59. The number of amides is 2. The normalized spacial score (nSPS) is 22.4. The van der Waals surface area contributed by atoms with Crippen LogP contribution in [-0.4, -0.2) is 23.6 Å². The van der Waals surface area contributed by atoms with Crippen molar-refractivity contribution < 1.29 is 4.79 Å². The van der Waals surface area contributed by atoms with Crippen LogP contribution in [0.5, 0.6) is 0 Å². The molecule has 2 N–H and O–H groups in total. The Hall–Kier alpha value is -1.10. The third-order valence-corrected chi connectivity index (χ3v) is 4.72. The highest BCUT2D eigenvalue weighted by atomic mass is 32.1. The fourth-order valence-electron chi connectivity index (χ4n) is 2.54. The monoisotopic (exact) mass is 281 g/mol. The average Bonchev–Trinajstić information content (AvgIpc) is 2.95. The quantitative estimate of drug-likeness (QED) is 0.815. The molecule has 0 bridgehead atoms. The number of carbonyl (C=O) groups excluding carboxylic acids is 1. The fourth-order valence-corrected chi connectivity index (χ4v) is 3.36. The summed E-state index contributed by atoms with van der Waals surface area (Å²) >= 11 is 1.70. The molecular weight excluding hydrogens is 258 g/mol. The maximum absolute atomic E-state index is 11.7. The van der Waals surface area contributed by atoms with Crippen LogP contribution in [0.1, 0.15) is 43.3 Å². The zero-order valence-corrected chi connectivity index (χ0v) is 12.6. The van der Waals surface area contributed by atoms with Gasteiger partial charge in [0.2, 0.25) is 0 Å². The van der Waals surface area contributed by atoms with Gasteiger partial charge in [-0.3, -0.25) is 0 Å². The lowest BCUT2D eigenvalue weighted by Gasteiger charge is -2.17. The minimum absolute atomic E-state index is 0.0194. The zero-order chi connectivity index (χ0) is 13.7. The van der Waals surface area contributed by atoms with Gasteiger partial charge in [0, 0.05) is 30.1 Å². The molecule has 1 heterocycles. The molecule has 2 rings (SSSR count). The molecule has 1 saturated carbocycles. The topological polar surface area (TPSA) is 54.0 Å². The lowest BCUT2D eigenvalue weighted by molar-refractivity contribution is 0.234. The smallest absolute Gasteiger partial charge is 0.315 e. The van der Waals surface area contributed by atoms with E-state index in [0.29, 0.717) is 18.5 Å². The van der Waals surface area contributed by atoms with Gasteiger partial charge in [0.15, 0.2) is 0 Å². The second kappa shape index (κ2) is 6.89. The molecule has 1 aliphatic rings. The minimum Gasteiger partial charge on any atom is -0.338 e. The Morgan fingerprint density at radius 2 is 2.37 bits per heavy atom. The van der Waals surface area contributed by atoms with Crippen molar-refractivity contribution in [2.45, 2.75) is 52.0 Å². The van der Waals surface area contributed by atoms with E-state index in [1.54, 1.807) is 11.3 Å². The third kappa shape index (κ3) is 4.49. The van der Waals surface area contributed by atoms with E-state index in [0.717, 1.165) is 30.0 Å². The van der Waals surface area contributed by atoms with E-state index >= 15 is 0 Å². The summed E-state index contributed by atoms with van der Waals surface area (Å²) in [7, 11) is 0. The predicted molar refractivity (Wildman–Crippen MR) is 78.5 cm³/mol. The first-order valence-electron chi connectivity index (χ1n) is 7.10. The standard InChI is InChI=1S/C14H23N3OS/c1-10-5-3-6-12(10)17-14(18)15-8-4-7-13-16-11(2)9-19-13/h9-10,12H,3-8H2,1-2H3,(H2,15,17,18). The number of thiazole rings is 1. The summed E-state index contributed by atoms with van der Waals surface area (Å²) in [5.74, 6) is 0.615. The van der Waals surface area contributed by atoms with Gasteiger partial charge in [0.1, 0.15) is 0 Å². The Morgan fingerprint density at radius 3 is 3.00 bits per heavy atom. The molecule has 106 valence electrons. The minimum atomic E-state index is -0.0194. The molecule has 4 nitrogen and oxygen atoms in total. The summed E-state index contributed by atoms with van der Waals surface area (Å²) < 4.78 is 0. The molecule has 1 fully saturated rings. The molecule has 0 spiro atoms. The first kappa shape index (κ1) is 14.3. The fraction of sp³-hybridized carbons (Fsp3) is 0.714. The zero-order valence-electron chi connectivity index (χ0n) is 11.7. The van der Waals surface area contributed by atoms with Crippen LogP contribution in [-0.2, 0) is 6.42 Å². The average molecular weight is 281 g/mol. The van der Waals surface area contributed by atoms with Crippen LogP contribution in [0.3, 0.4) is 0 Å². The second-order valence-corrected chi connectivity index (χ2v) is 6.34. The van der Waals surface area contributed by atoms with Crippen LogP contribution >= 0.6 is 11.3 Å². The van der Waals surface area contributed by atoms with E-state index in [1.807, 2.05) is 6.92 Å². The highest BCUT2D eigenvalue weighted by molar-refractivity contribution is 7.09. The van der Waals surface area contributed by atoms with Gasteiger partial charge >= 0.3 is 6.03 Å². The summed E-state index contributed by atoms with van der Waals surface area (Å²) in [4.78, 5) is 16.1. The third-order valence-electron chi connectivity index (χ3n) is 3.70. The van der Waals surface area contributed by atoms with Crippen LogP contribution in [0, 0.1) is 12.8 Å². The van der Waals surface area contributed by atoms with Crippen LogP contribution < -0.4 is 10.6 Å². The summed E-state index contributed by atoms with van der Waals surface area (Å²) in [6.45, 7) is 4.93. The summed E-state index contributed by atoms with van der Waals surface area (Å²) in [6, 6.07) is 0.343. The van der Waals surface area contributed by atoms with Gasteiger partial charge in [-0.25, -0.2) is 9.78 Å². The maximum atomic E-state index is 11.7. The number of aromatic nitrogens is 1. The van der Waals surface area contributed by atoms with E-state index in [4.69, 9.17) is 0 Å². The van der Waals surface area contributed by atoms with Crippen LogP contribution in [0.4, 0.5) is 4.79 Å². The second-order valence-electron chi connectivity index (χ2n) is 5.40. The molecule has 0 saturated heterocycles. The molecule has 0 aromatic carbocycles.